The monoisotopic (exact) mass is 332 g/mol. The summed E-state index contributed by atoms with van der Waals surface area (Å²) in [6.07, 6.45) is 0. The molecule has 0 atom stereocenters. The highest BCUT2D eigenvalue weighted by Crippen LogP contribution is 2.23. The topological polar surface area (TPSA) is 72.2 Å². The summed E-state index contributed by atoms with van der Waals surface area (Å²) in [6.45, 7) is 0.0746. The molecule has 0 fully saturated rings. The first kappa shape index (κ1) is 15.7. The summed E-state index contributed by atoms with van der Waals surface area (Å²) in [5.74, 6) is -1.59. The van der Waals surface area contributed by atoms with E-state index < -0.39 is 26.6 Å². The summed E-state index contributed by atoms with van der Waals surface area (Å²) in [5.41, 5.74) is 5.90. The van der Waals surface area contributed by atoms with Crippen molar-refractivity contribution < 1.29 is 17.2 Å². The first-order valence-corrected chi connectivity index (χ1v) is 7.66. The Morgan fingerprint density at radius 2 is 1.76 bits per heavy atom. The number of sulfonamides is 1. The van der Waals surface area contributed by atoms with Gasteiger partial charge in [-0.3, -0.25) is 4.72 Å². The van der Waals surface area contributed by atoms with Crippen molar-refractivity contribution in [1.29, 1.82) is 0 Å². The fourth-order valence-electron chi connectivity index (χ4n) is 1.65. The van der Waals surface area contributed by atoms with Crippen LogP contribution in [0.5, 0.6) is 0 Å². The second-order valence-electron chi connectivity index (χ2n) is 4.20. The van der Waals surface area contributed by atoms with Crippen LogP contribution in [-0.2, 0) is 16.6 Å². The molecular formula is C13H11ClF2N2O2S. The van der Waals surface area contributed by atoms with E-state index in [-0.39, 0.29) is 17.3 Å². The van der Waals surface area contributed by atoms with Crippen LogP contribution in [0.4, 0.5) is 14.5 Å². The highest BCUT2D eigenvalue weighted by atomic mass is 35.5. The van der Waals surface area contributed by atoms with Crippen molar-refractivity contribution >= 4 is 27.3 Å². The lowest BCUT2D eigenvalue weighted by molar-refractivity contribution is 0.569. The minimum Gasteiger partial charge on any atom is -0.326 e. The van der Waals surface area contributed by atoms with E-state index in [1.54, 1.807) is 0 Å². The van der Waals surface area contributed by atoms with Crippen LogP contribution in [0.2, 0.25) is 5.02 Å². The van der Waals surface area contributed by atoms with E-state index >= 15 is 0 Å². The lowest BCUT2D eigenvalue weighted by Gasteiger charge is -2.10. The molecule has 112 valence electrons. The van der Waals surface area contributed by atoms with Crippen molar-refractivity contribution in [2.45, 2.75) is 11.4 Å². The van der Waals surface area contributed by atoms with Crippen LogP contribution in [0.3, 0.4) is 0 Å². The van der Waals surface area contributed by atoms with Gasteiger partial charge in [-0.15, -0.1) is 0 Å². The zero-order chi connectivity index (χ0) is 15.6. The first-order valence-electron chi connectivity index (χ1n) is 5.80. The van der Waals surface area contributed by atoms with Gasteiger partial charge in [0.05, 0.1) is 10.7 Å². The minimum absolute atomic E-state index is 0.0268. The molecule has 0 amide bonds. The molecule has 3 N–H and O–H groups in total. The molecule has 4 nitrogen and oxygen atoms in total. The van der Waals surface area contributed by atoms with Crippen LogP contribution in [0, 0.1) is 11.6 Å². The molecule has 0 saturated heterocycles. The minimum atomic E-state index is -4.17. The highest BCUT2D eigenvalue weighted by Gasteiger charge is 2.20. The van der Waals surface area contributed by atoms with E-state index in [4.69, 9.17) is 17.3 Å². The second-order valence-corrected chi connectivity index (χ2v) is 6.26. The molecule has 2 rings (SSSR count). The number of nitrogens with two attached hydrogens (primary N) is 1. The zero-order valence-electron chi connectivity index (χ0n) is 10.6. The average Bonchev–Trinajstić information content (AvgIpc) is 2.43. The van der Waals surface area contributed by atoms with Crippen LogP contribution < -0.4 is 10.5 Å². The van der Waals surface area contributed by atoms with Crippen molar-refractivity contribution in [2.75, 3.05) is 4.72 Å². The summed E-state index contributed by atoms with van der Waals surface area (Å²) in [7, 11) is -4.17. The van der Waals surface area contributed by atoms with E-state index in [2.05, 4.69) is 4.72 Å². The Hall–Kier alpha value is -1.70. The van der Waals surface area contributed by atoms with E-state index in [1.165, 1.54) is 12.1 Å². The molecule has 21 heavy (non-hydrogen) atoms. The van der Waals surface area contributed by atoms with Gasteiger partial charge in [-0.05, 0) is 35.9 Å². The third-order valence-corrected chi connectivity index (χ3v) is 4.38. The summed E-state index contributed by atoms with van der Waals surface area (Å²) in [6, 6.07) is 6.84. The van der Waals surface area contributed by atoms with Gasteiger partial charge < -0.3 is 5.73 Å². The summed E-state index contributed by atoms with van der Waals surface area (Å²) < 4.78 is 53.2. The molecule has 0 heterocycles. The average molecular weight is 333 g/mol. The maximum Gasteiger partial charge on any atom is 0.264 e. The van der Waals surface area contributed by atoms with Gasteiger partial charge in [0.2, 0.25) is 0 Å². The van der Waals surface area contributed by atoms with Gasteiger partial charge in [-0.25, -0.2) is 17.2 Å². The lowest BCUT2D eigenvalue weighted by Crippen LogP contribution is -2.15. The number of anilines is 1. The predicted octanol–water partition coefficient (Wildman–Crippen LogP) is 2.88. The molecule has 8 heteroatoms. The van der Waals surface area contributed by atoms with Crippen LogP contribution in [0.25, 0.3) is 0 Å². The van der Waals surface area contributed by atoms with Gasteiger partial charge in [-0.1, -0.05) is 17.7 Å². The molecular weight excluding hydrogens is 322 g/mol. The molecule has 0 radical (unpaired) electrons. The van der Waals surface area contributed by atoms with Gasteiger partial charge in [0.1, 0.15) is 16.5 Å². The smallest absolute Gasteiger partial charge is 0.264 e. The Morgan fingerprint density at radius 1 is 1.10 bits per heavy atom. The number of nitrogens with one attached hydrogen (secondary N) is 1. The molecule has 2 aromatic rings. The van der Waals surface area contributed by atoms with Crippen molar-refractivity contribution in [3.63, 3.8) is 0 Å². The molecule has 0 saturated carbocycles. The van der Waals surface area contributed by atoms with Crippen LogP contribution in [0.1, 0.15) is 5.56 Å². The van der Waals surface area contributed by atoms with Crippen molar-refractivity contribution in [2.24, 2.45) is 5.73 Å². The lowest BCUT2D eigenvalue weighted by atomic mass is 10.2. The molecule has 0 unspecified atom stereocenters. The molecule has 0 aliphatic heterocycles. The Balaban J connectivity index is 2.40. The van der Waals surface area contributed by atoms with Crippen LogP contribution in [0.15, 0.2) is 41.3 Å². The van der Waals surface area contributed by atoms with Gasteiger partial charge in [-0.2, -0.15) is 0 Å². The summed E-state index contributed by atoms with van der Waals surface area (Å²) in [4.78, 5) is -0.536. The molecule has 0 spiro atoms. The third kappa shape index (κ3) is 3.49. The fraction of sp³-hybridized carbons (Fsp3) is 0.0769. The van der Waals surface area contributed by atoms with Crippen molar-refractivity contribution in [1.82, 2.24) is 0 Å². The zero-order valence-corrected chi connectivity index (χ0v) is 12.2. The molecule has 0 aliphatic rings. The largest absolute Gasteiger partial charge is 0.326 e. The summed E-state index contributed by atoms with van der Waals surface area (Å²) in [5, 5.41) is -0.244. The quantitative estimate of drug-likeness (QED) is 0.904. The predicted molar refractivity (Wildman–Crippen MR) is 76.5 cm³/mol. The van der Waals surface area contributed by atoms with Gasteiger partial charge in [0.15, 0.2) is 0 Å². The molecule has 0 aromatic heterocycles. The summed E-state index contributed by atoms with van der Waals surface area (Å²) >= 11 is 5.57. The number of hydrogen-bond acceptors (Lipinski definition) is 3. The maximum absolute atomic E-state index is 13.7. The molecule has 0 bridgehead atoms. The molecule has 2 aromatic carbocycles. The first-order chi connectivity index (χ1) is 9.83. The highest BCUT2D eigenvalue weighted by molar-refractivity contribution is 7.92. The number of hydrogen-bond donors (Lipinski definition) is 2. The molecule has 0 aliphatic carbocycles. The maximum atomic E-state index is 13.7. The Bertz CT molecular complexity index is 782. The van der Waals surface area contributed by atoms with Crippen molar-refractivity contribution in [3.05, 3.63) is 58.6 Å². The SMILES string of the molecule is NCc1ccc(F)c(S(=O)(=O)Nc2ccc(F)c(Cl)c2)c1. The fourth-order valence-corrected chi connectivity index (χ4v) is 3.01. The van der Waals surface area contributed by atoms with Crippen molar-refractivity contribution in [3.8, 4) is 0 Å². The number of rotatable bonds is 4. The van der Waals surface area contributed by atoms with Gasteiger partial charge >= 0.3 is 0 Å². The second kappa shape index (κ2) is 5.97. The van der Waals surface area contributed by atoms with Crippen LogP contribution in [-0.4, -0.2) is 8.42 Å². The van der Waals surface area contributed by atoms with E-state index in [0.717, 1.165) is 24.3 Å². The van der Waals surface area contributed by atoms with Crippen LogP contribution >= 0.6 is 11.6 Å². The van der Waals surface area contributed by atoms with E-state index in [9.17, 15) is 17.2 Å². The third-order valence-electron chi connectivity index (χ3n) is 2.69. The standard InChI is InChI=1S/C13H11ClF2N2O2S/c14-10-6-9(2-4-11(10)15)18-21(19,20)13-5-8(7-17)1-3-12(13)16/h1-6,18H,7,17H2. The Morgan fingerprint density at radius 3 is 2.38 bits per heavy atom. The van der Waals surface area contributed by atoms with Gasteiger partial charge in [0, 0.05) is 6.54 Å². The number of halogens is 3. The van der Waals surface area contributed by atoms with Gasteiger partial charge in [0.25, 0.3) is 10.0 Å². The Kier molecular flexibility index (Phi) is 4.46. The Labute approximate surface area is 125 Å². The normalized spacial score (nSPS) is 11.4. The van der Waals surface area contributed by atoms with E-state index in [0.29, 0.717) is 5.56 Å². The number of benzene rings is 2. The van der Waals surface area contributed by atoms with E-state index in [1.807, 2.05) is 0 Å².